The van der Waals surface area contributed by atoms with Crippen LogP contribution >= 0.6 is 0 Å². The van der Waals surface area contributed by atoms with Crippen LogP contribution in [-0.4, -0.2) is 83.4 Å². The van der Waals surface area contributed by atoms with E-state index < -0.39 is 18.1 Å². The van der Waals surface area contributed by atoms with E-state index in [1.807, 2.05) is 26.8 Å². The second-order valence-corrected chi connectivity index (χ2v) is 14.0. The summed E-state index contributed by atoms with van der Waals surface area (Å²) in [4.78, 5) is 68.6. The molecule has 264 valence electrons. The molecule has 3 aliphatic rings. The first kappa shape index (κ1) is 35.7. The number of nitrogens with zero attached hydrogens (tertiary/aromatic N) is 1. The fourth-order valence-corrected chi connectivity index (χ4v) is 6.84. The first-order valence-electron chi connectivity index (χ1n) is 17.5. The zero-order chi connectivity index (χ0) is 35.1. The third-order valence-electron chi connectivity index (χ3n) is 9.74. The van der Waals surface area contributed by atoms with Gasteiger partial charge >= 0.3 is 0 Å². The number of rotatable bonds is 5. The molecule has 0 radical (unpaired) electrons. The molecule has 2 saturated heterocycles. The monoisotopic (exact) mass is 675 g/mol. The molecule has 5 atom stereocenters. The van der Waals surface area contributed by atoms with Crippen LogP contribution < -0.4 is 26.0 Å². The minimum Gasteiger partial charge on any atom is -0.508 e. The van der Waals surface area contributed by atoms with Crippen LogP contribution in [-0.2, 0) is 32.0 Å². The highest BCUT2D eigenvalue weighted by molar-refractivity contribution is 5.95. The van der Waals surface area contributed by atoms with E-state index in [1.165, 1.54) is 12.1 Å². The van der Waals surface area contributed by atoms with Crippen LogP contribution in [0.5, 0.6) is 11.5 Å². The van der Waals surface area contributed by atoms with Crippen molar-refractivity contribution in [3.63, 3.8) is 0 Å². The van der Waals surface area contributed by atoms with Gasteiger partial charge in [-0.1, -0.05) is 32.9 Å². The van der Waals surface area contributed by atoms with Gasteiger partial charge in [-0.2, -0.15) is 0 Å². The molecular weight excluding hydrogens is 626 g/mol. The van der Waals surface area contributed by atoms with Gasteiger partial charge in [0.15, 0.2) is 0 Å². The smallest absolute Gasteiger partial charge is 0.251 e. The molecule has 2 fully saturated rings. The summed E-state index contributed by atoms with van der Waals surface area (Å²) in [6.07, 6.45) is 3.23. The van der Waals surface area contributed by atoms with Crippen LogP contribution in [0.15, 0.2) is 42.5 Å². The molecule has 0 aromatic heterocycles. The fourth-order valence-electron chi connectivity index (χ4n) is 6.84. The van der Waals surface area contributed by atoms with Crippen molar-refractivity contribution in [2.24, 2.45) is 11.8 Å². The summed E-state index contributed by atoms with van der Waals surface area (Å²) >= 11 is 0. The summed E-state index contributed by atoms with van der Waals surface area (Å²) in [6.45, 7) is 7.03. The van der Waals surface area contributed by atoms with Crippen LogP contribution in [0.4, 0.5) is 0 Å². The number of phenolic OH excluding ortho intramolecular Hbond substituents is 1. The van der Waals surface area contributed by atoms with E-state index in [-0.39, 0.29) is 91.9 Å². The van der Waals surface area contributed by atoms with Crippen LogP contribution in [0, 0.1) is 11.8 Å². The molecule has 3 heterocycles. The van der Waals surface area contributed by atoms with Crippen LogP contribution in [0.1, 0.15) is 80.8 Å². The van der Waals surface area contributed by atoms with Crippen molar-refractivity contribution >= 4 is 29.5 Å². The summed E-state index contributed by atoms with van der Waals surface area (Å²) in [5.74, 6) is -0.351. The molecule has 12 nitrogen and oxygen atoms in total. The fraction of sp³-hybridized carbons (Fsp3) is 0.541. The van der Waals surface area contributed by atoms with Gasteiger partial charge in [-0.25, -0.2) is 0 Å². The maximum atomic E-state index is 13.8. The average molecular weight is 676 g/mol. The van der Waals surface area contributed by atoms with Crippen molar-refractivity contribution in [1.82, 2.24) is 26.2 Å². The van der Waals surface area contributed by atoms with E-state index in [0.29, 0.717) is 31.4 Å². The number of nitrogens with one attached hydrogen (secondary N) is 4. The van der Waals surface area contributed by atoms with Gasteiger partial charge in [0.25, 0.3) is 5.91 Å². The summed E-state index contributed by atoms with van der Waals surface area (Å²) in [5.41, 5.74) is 2.27. The predicted octanol–water partition coefficient (Wildman–Crippen LogP) is 2.61. The van der Waals surface area contributed by atoms with Crippen LogP contribution in [0.3, 0.4) is 0 Å². The third-order valence-corrected chi connectivity index (χ3v) is 9.74. The Bertz CT molecular complexity index is 1530. The van der Waals surface area contributed by atoms with Gasteiger partial charge < -0.3 is 36.0 Å². The van der Waals surface area contributed by atoms with Gasteiger partial charge in [-0.15, -0.1) is 0 Å². The lowest BCUT2D eigenvalue weighted by Gasteiger charge is -2.29. The Morgan fingerprint density at radius 2 is 1.80 bits per heavy atom. The molecule has 2 aromatic rings. The van der Waals surface area contributed by atoms with Crippen LogP contribution in [0.25, 0.3) is 0 Å². The van der Waals surface area contributed by atoms with Crippen LogP contribution in [0.2, 0.25) is 0 Å². The number of carbonyl (C=O) groups excluding carboxylic acids is 5. The second kappa shape index (κ2) is 16.2. The topological polar surface area (TPSA) is 166 Å². The lowest BCUT2D eigenvalue weighted by Crippen LogP contribution is -2.50. The van der Waals surface area contributed by atoms with Crippen molar-refractivity contribution in [2.75, 3.05) is 19.7 Å². The van der Waals surface area contributed by atoms with E-state index >= 15 is 0 Å². The van der Waals surface area contributed by atoms with Crippen molar-refractivity contribution in [3.05, 3.63) is 59.2 Å². The number of benzene rings is 2. The summed E-state index contributed by atoms with van der Waals surface area (Å²) < 4.78 is 5.56. The van der Waals surface area contributed by atoms with Crippen molar-refractivity contribution < 1.29 is 33.8 Å². The van der Waals surface area contributed by atoms with Gasteiger partial charge in [-0.05, 0) is 79.0 Å². The maximum absolute atomic E-state index is 13.8. The highest BCUT2D eigenvalue weighted by atomic mass is 16.5. The Morgan fingerprint density at radius 1 is 1.02 bits per heavy atom. The molecule has 49 heavy (non-hydrogen) atoms. The largest absolute Gasteiger partial charge is 0.508 e. The zero-order valence-electron chi connectivity index (χ0n) is 28.6. The minimum absolute atomic E-state index is 0.00986. The number of amides is 5. The highest BCUT2D eigenvalue weighted by Crippen LogP contribution is 2.27. The molecule has 5 amide bonds. The number of carbonyl (C=O) groups is 5. The van der Waals surface area contributed by atoms with Gasteiger partial charge in [0.05, 0.1) is 6.61 Å². The quantitative estimate of drug-likeness (QED) is 0.325. The van der Waals surface area contributed by atoms with E-state index in [9.17, 15) is 29.1 Å². The number of hydrogen-bond acceptors (Lipinski definition) is 7. The Hall–Kier alpha value is -4.61. The van der Waals surface area contributed by atoms with Crippen molar-refractivity contribution in [2.45, 2.75) is 96.3 Å². The average Bonchev–Trinajstić information content (AvgIpc) is 3.72. The molecule has 0 unspecified atom stereocenters. The van der Waals surface area contributed by atoms with E-state index in [1.54, 1.807) is 29.2 Å². The van der Waals surface area contributed by atoms with E-state index in [4.69, 9.17) is 4.74 Å². The predicted molar refractivity (Wildman–Crippen MR) is 183 cm³/mol. The van der Waals surface area contributed by atoms with Crippen molar-refractivity contribution in [1.29, 1.82) is 0 Å². The molecule has 2 aromatic carbocycles. The number of hydrogen-bond donors (Lipinski definition) is 5. The molecule has 0 spiro atoms. The SMILES string of the molecule is CC(C)[C@@H]1CC[C@@H](C)CC(=O)N[C@@H](Cc2ccc(O)cc2)C(=O)NCCCC(=O)N2C[C@H](NC(=O)c3ccc4c(c3)CCO4)C[C@H]2C(=O)N1. The summed E-state index contributed by atoms with van der Waals surface area (Å²) in [6, 6.07) is 9.69. The second-order valence-electron chi connectivity index (χ2n) is 14.0. The molecule has 0 saturated carbocycles. The molecule has 5 rings (SSSR count). The Kier molecular flexibility index (Phi) is 11.8. The van der Waals surface area contributed by atoms with E-state index in [0.717, 1.165) is 23.3 Å². The first-order chi connectivity index (χ1) is 23.5. The molecular formula is C37H49N5O7. The van der Waals surface area contributed by atoms with Gasteiger partial charge in [0.2, 0.25) is 23.6 Å². The summed E-state index contributed by atoms with van der Waals surface area (Å²) in [7, 11) is 0. The molecule has 3 aliphatic heterocycles. The highest BCUT2D eigenvalue weighted by Gasteiger charge is 2.41. The number of phenols is 1. The normalized spacial score (nSPS) is 25.6. The zero-order valence-corrected chi connectivity index (χ0v) is 28.6. The number of aromatic hydroxyl groups is 1. The van der Waals surface area contributed by atoms with Gasteiger partial charge in [-0.3, -0.25) is 24.0 Å². The molecule has 0 aliphatic carbocycles. The first-order valence-corrected chi connectivity index (χ1v) is 17.5. The summed E-state index contributed by atoms with van der Waals surface area (Å²) in [5, 5.41) is 21.7. The van der Waals surface area contributed by atoms with Crippen molar-refractivity contribution in [3.8, 4) is 11.5 Å². The lowest BCUT2D eigenvalue weighted by atomic mass is 9.92. The third kappa shape index (κ3) is 9.51. The molecule has 5 N–H and O–H groups in total. The Labute approximate surface area is 287 Å². The minimum atomic E-state index is -0.827. The van der Waals surface area contributed by atoms with Gasteiger partial charge in [0.1, 0.15) is 23.6 Å². The lowest BCUT2D eigenvalue weighted by molar-refractivity contribution is -0.139. The maximum Gasteiger partial charge on any atom is 0.251 e. The Balaban J connectivity index is 1.30. The molecule has 12 heteroatoms. The number of ether oxygens (including phenoxy) is 1. The van der Waals surface area contributed by atoms with Gasteiger partial charge in [0, 0.05) is 56.4 Å². The standard InChI is InChI=1S/C37H49N5O7/c1-22(2)29-12-6-23(3)17-33(44)40-30(18-24-7-10-28(43)11-8-24)36(47)38-15-4-5-34(45)42-21-27(20-31(42)37(48)41-29)39-35(46)26-9-13-32-25(19-26)14-16-49-32/h7-11,13,19,22-23,27,29-31,43H,4-6,12,14-18,20-21H2,1-3H3,(H,38,47)(H,39,46)(H,40,44)(H,41,48)/t23-,27-,29+,30+,31+/m1/s1. The van der Waals surface area contributed by atoms with E-state index in [2.05, 4.69) is 21.3 Å². The number of fused-ring (bicyclic) bond motifs is 2. The Morgan fingerprint density at radius 3 is 2.55 bits per heavy atom. The molecule has 0 bridgehead atoms.